The summed E-state index contributed by atoms with van der Waals surface area (Å²) in [4.78, 5) is 27.7. The number of ether oxygens (including phenoxy) is 1. The number of carbonyl (C=O) groups is 1. The monoisotopic (exact) mass is 308 g/mol. The number of aromatic nitrogens is 2. The molecule has 0 unspecified atom stereocenters. The van der Waals surface area contributed by atoms with Crippen molar-refractivity contribution in [2.45, 2.75) is 25.8 Å². The molecule has 0 bridgehead atoms. The zero-order valence-corrected chi connectivity index (χ0v) is 12.4. The molecule has 0 fully saturated rings. The van der Waals surface area contributed by atoms with Crippen LogP contribution in [0.3, 0.4) is 0 Å². The van der Waals surface area contributed by atoms with Gasteiger partial charge in [-0.2, -0.15) is 0 Å². The number of alkyl halides is 1. The van der Waals surface area contributed by atoms with Crippen LogP contribution >= 0.6 is 11.6 Å². The summed E-state index contributed by atoms with van der Waals surface area (Å²) in [6.07, 6.45) is 3.06. The van der Waals surface area contributed by atoms with Gasteiger partial charge in [0.05, 0.1) is 23.8 Å². The van der Waals surface area contributed by atoms with Crippen molar-refractivity contribution in [2.24, 2.45) is 0 Å². The summed E-state index contributed by atoms with van der Waals surface area (Å²) in [5.41, 5.74) is 0.611. The Labute approximate surface area is 127 Å². The number of rotatable bonds is 7. The summed E-state index contributed by atoms with van der Waals surface area (Å²) >= 11 is 5.50. The number of nitrogens with zero attached hydrogens (tertiary/aromatic N) is 2. The normalized spacial score (nSPS) is 10.7. The fourth-order valence-electron chi connectivity index (χ4n) is 1.97. The van der Waals surface area contributed by atoms with Crippen molar-refractivity contribution in [1.29, 1.82) is 0 Å². The molecular weight excluding hydrogens is 292 g/mol. The highest BCUT2D eigenvalue weighted by atomic mass is 35.5. The lowest BCUT2D eigenvalue weighted by Crippen LogP contribution is -2.21. The van der Waals surface area contributed by atoms with E-state index in [1.165, 1.54) is 10.9 Å². The van der Waals surface area contributed by atoms with Crippen LogP contribution in [0.5, 0.6) is 0 Å². The zero-order valence-electron chi connectivity index (χ0n) is 11.6. The van der Waals surface area contributed by atoms with Crippen LogP contribution in [0.4, 0.5) is 0 Å². The summed E-state index contributed by atoms with van der Waals surface area (Å²) in [6.45, 7) is 0.764. The average Bonchev–Trinajstić information content (AvgIpc) is 2.51. The molecule has 0 aliphatic heterocycles. The SMILES string of the molecule is O=C(CCCCl)OCCCn1cnc2ccccc2c1=O. The van der Waals surface area contributed by atoms with E-state index in [9.17, 15) is 9.59 Å². The van der Waals surface area contributed by atoms with Crippen molar-refractivity contribution in [2.75, 3.05) is 12.5 Å². The van der Waals surface area contributed by atoms with E-state index in [0.717, 1.165) is 0 Å². The van der Waals surface area contributed by atoms with Gasteiger partial charge in [0.2, 0.25) is 0 Å². The smallest absolute Gasteiger partial charge is 0.305 e. The molecule has 0 amide bonds. The first-order chi connectivity index (χ1) is 10.2. The van der Waals surface area contributed by atoms with E-state index in [4.69, 9.17) is 16.3 Å². The first kappa shape index (κ1) is 15.5. The minimum Gasteiger partial charge on any atom is -0.466 e. The second-order valence-corrected chi connectivity index (χ2v) is 5.00. The molecule has 2 aromatic rings. The highest BCUT2D eigenvalue weighted by molar-refractivity contribution is 6.17. The van der Waals surface area contributed by atoms with Crippen molar-refractivity contribution in [3.8, 4) is 0 Å². The number of benzene rings is 1. The summed E-state index contributed by atoms with van der Waals surface area (Å²) in [5, 5.41) is 0.596. The van der Waals surface area contributed by atoms with Gasteiger partial charge in [0.25, 0.3) is 5.56 Å². The second-order valence-electron chi connectivity index (χ2n) is 4.63. The number of esters is 1. The van der Waals surface area contributed by atoms with Gasteiger partial charge in [-0.3, -0.25) is 14.2 Å². The molecular formula is C15H17ClN2O3. The lowest BCUT2D eigenvalue weighted by atomic mass is 10.2. The Morgan fingerprint density at radius 1 is 1.29 bits per heavy atom. The molecule has 0 saturated heterocycles. The molecule has 0 radical (unpaired) electrons. The van der Waals surface area contributed by atoms with Crippen molar-refractivity contribution < 1.29 is 9.53 Å². The summed E-state index contributed by atoms with van der Waals surface area (Å²) in [6, 6.07) is 7.22. The van der Waals surface area contributed by atoms with E-state index < -0.39 is 0 Å². The molecule has 0 spiro atoms. The summed E-state index contributed by atoms with van der Waals surface area (Å²) < 4.78 is 6.60. The van der Waals surface area contributed by atoms with E-state index in [0.29, 0.717) is 49.2 Å². The van der Waals surface area contributed by atoms with E-state index in [-0.39, 0.29) is 11.5 Å². The highest BCUT2D eigenvalue weighted by Crippen LogP contribution is 2.05. The maximum Gasteiger partial charge on any atom is 0.305 e. The topological polar surface area (TPSA) is 61.2 Å². The number of halogens is 1. The molecule has 0 aliphatic carbocycles. The summed E-state index contributed by atoms with van der Waals surface area (Å²) in [7, 11) is 0. The van der Waals surface area contributed by atoms with Gasteiger partial charge in [-0.25, -0.2) is 4.98 Å². The fraction of sp³-hybridized carbons (Fsp3) is 0.400. The number of para-hydroxylation sites is 1. The second kappa shape index (κ2) is 7.78. The molecule has 2 rings (SSSR count). The van der Waals surface area contributed by atoms with Gasteiger partial charge in [0, 0.05) is 18.8 Å². The van der Waals surface area contributed by atoms with Crippen LogP contribution in [-0.2, 0) is 16.1 Å². The van der Waals surface area contributed by atoms with Gasteiger partial charge in [-0.15, -0.1) is 11.6 Å². The third-order valence-corrected chi connectivity index (χ3v) is 3.32. The maximum atomic E-state index is 12.2. The molecule has 0 saturated carbocycles. The predicted octanol–water partition coefficient (Wildman–Crippen LogP) is 2.35. The number of hydrogen-bond acceptors (Lipinski definition) is 4. The molecule has 21 heavy (non-hydrogen) atoms. The van der Waals surface area contributed by atoms with Crippen LogP contribution in [0.15, 0.2) is 35.4 Å². The Balaban J connectivity index is 1.88. The first-order valence-electron chi connectivity index (χ1n) is 6.88. The maximum absolute atomic E-state index is 12.2. The Bertz CT molecular complexity index is 669. The standard InChI is InChI=1S/C15H17ClN2O3/c16-8-3-7-14(19)21-10-4-9-18-11-17-13-6-2-1-5-12(13)15(18)20/h1-2,5-6,11H,3-4,7-10H2. The summed E-state index contributed by atoms with van der Waals surface area (Å²) in [5.74, 6) is 0.201. The lowest BCUT2D eigenvalue weighted by molar-refractivity contribution is -0.143. The van der Waals surface area contributed by atoms with Gasteiger partial charge in [0.15, 0.2) is 0 Å². The minimum absolute atomic E-state index is 0.0749. The largest absolute Gasteiger partial charge is 0.466 e. The van der Waals surface area contributed by atoms with Crippen molar-refractivity contribution in [3.63, 3.8) is 0 Å². The first-order valence-corrected chi connectivity index (χ1v) is 7.41. The van der Waals surface area contributed by atoms with Gasteiger partial charge >= 0.3 is 5.97 Å². The predicted molar refractivity (Wildman–Crippen MR) is 81.5 cm³/mol. The molecule has 6 heteroatoms. The number of carbonyl (C=O) groups excluding carboxylic acids is 1. The Kier molecular flexibility index (Phi) is 5.75. The van der Waals surface area contributed by atoms with Crippen LogP contribution in [-0.4, -0.2) is 28.0 Å². The Hall–Kier alpha value is -1.88. The van der Waals surface area contributed by atoms with Gasteiger partial charge in [-0.05, 0) is 25.0 Å². The molecule has 112 valence electrons. The molecule has 0 N–H and O–H groups in total. The third kappa shape index (κ3) is 4.29. The highest BCUT2D eigenvalue weighted by Gasteiger charge is 2.04. The van der Waals surface area contributed by atoms with Crippen molar-refractivity contribution in [1.82, 2.24) is 9.55 Å². The van der Waals surface area contributed by atoms with Crippen molar-refractivity contribution in [3.05, 3.63) is 40.9 Å². The molecule has 1 aromatic heterocycles. The van der Waals surface area contributed by atoms with E-state index in [1.807, 2.05) is 12.1 Å². The zero-order chi connectivity index (χ0) is 15.1. The van der Waals surface area contributed by atoms with Gasteiger partial charge < -0.3 is 4.74 Å². The van der Waals surface area contributed by atoms with E-state index >= 15 is 0 Å². The van der Waals surface area contributed by atoms with Crippen molar-refractivity contribution >= 4 is 28.5 Å². The van der Waals surface area contributed by atoms with E-state index in [1.54, 1.807) is 12.1 Å². The number of fused-ring (bicyclic) bond motifs is 1. The average molecular weight is 309 g/mol. The molecule has 1 aromatic carbocycles. The van der Waals surface area contributed by atoms with Crippen LogP contribution in [0.1, 0.15) is 19.3 Å². The molecule has 0 aliphatic rings. The number of aryl methyl sites for hydroxylation is 1. The number of hydrogen-bond donors (Lipinski definition) is 0. The van der Waals surface area contributed by atoms with Gasteiger partial charge in [0.1, 0.15) is 0 Å². The Morgan fingerprint density at radius 3 is 2.90 bits per heavy atom. The minimum atomic E-state index is -0.250. The van der Waals surface area contributed by atoms with Crippen LogP contribution in [0, 0.1) is 0 Å². The molecule has 1 heterocycles. The molecule has 5 nitrogen and oxygen atoms in total. The fourth-order valence-corrected chi connectivity index (χ4v) is 2.10. The van der Waals surface area contributed by atoms with Crippen LogP contribution < -0.4 is 5.56 Å². The van der Waals surface area contributed by atoms with Crippen LogP contribution in [0.25, 0.3) is 10.9 Å². The quantitative estimate of drug-likeness (QED) is 0.447. The van der Waals surface area contributed by atoms with Crippen LogP contribution in [0.2, 0.25) is 0 Å². The van der Waals surface area contributed by atoms with Gasteiger partial charge in [-0.1, -0.05) is 12.1 Å². The third-order valence-electron chi connectivity index (χ3n) is 3.05. The molecule has 0 atom stereocenters. The Morgan fingerprint density at radius 2 is 2.10 bits per heavy atom. The van der Waals surface area contributed by atoms with E-state index in [2.05, 4.69) is 4.98 Å². The lowest BCUT2D eigenvalue weighted by Gasteiger charge is -2.07.